The van der Waals surface area contributed by atoms with Crippen LogP contribution in [0, 0.1) is 0 Å². The molecule has 1 nitrogen and oxygen atoms in total. The molecule has 0 bridgehead atoms. The van der Waals surface area contributed by atoms with Crippen molar-refractivity contribution in [2.75, 3.05) is 13.1 Å². The van der Waals surface area contributed by atoms with E-state index in [-0.39, 0.29) is 0 Å². The van der Waals surface area contributed by atoms with Crippen LogP contribution in [0.15, 0.2) is 30.3 Å². The maximum atomic E-state index is 2.82. The standard InChI is InChI=1S/C20H29NS/c1-3-14-21(15-4-2)20(12-8-5-9-13-20)19-16-17-10-6-7-11-18(17)22-19/h6-7,10-11,16H,3-5,8-9,12-15H2,1-2H3. The van der Waals surface area contributed by atoms with Crippen molar-refractivity contribution in [2.24, 2.45) is 0 Å². The third kappa shape index (κ3) is 2.96. The zero-order valence-corrected chi connectivity index (χ0v) is 14.9. The minimum atomic E-state index is 0.313. The van der Waals surface area contributed by atoms with Gasteiger partial charge in [-0.3, -0.25) is 4.90 Å². The first kappa shape index (κ1) is 16.0. The van der Waals surface area contributed by atoms with Crippen LogP contribution >= 0.6 is 11.3 Å². The highest BCUT2D eigenvalue weighted by atomic mass is 32.1. The molecular formula is C20H29NS. The Morgan fingerprint density at radius 2 is 1.68 bits per heavy atom. The lowest BCUT2D eigenvalue weighted by Gasteiger charge is -2.46. The minimum Gasteiger partial charge on any atom is -0.293 e. The summed E-state index contributed by atoms with van der Waals surface area (Å²) in [5.41, 5.74) is 0.313. The maximum absolute atomic E-state index is 2.82. The molecule has 22 heavy (non-hydrogen) atoms. The fourth-order valence-corrected chi connectivity index (χ4v) is 5.48. The van der Waals surface area contributed by atoms with Crippen LogP contribution < -0.4 is 0 Å². The van der Waals surface area contributed by atoms with E-state index in [2.05, 4.69) is 49.1 Å². The van der Waals surface area contributed by atoms with Crippen LogP contribution in [0.25, 0.3) is 10.1 Å². The molecule has 0 unspecified atom stereocenters. The molecule has 1 fully saturated rings. The second-order valence-corrected chi connectivity index (χ2v) is 7.81. The van der Waals surface area contributed by atoms with Crippen LogP contribution in [0.2, 0.25) is 0 Å². The van der Waals surface area contributed by atoms with Crippen molar-refractivity contribution in [3.63, 3.8) is 0 Å². The fraction of sp³-hybridized carbons (Fsp3) is 0.600. The van der Waals surface area contributed by atoms with Gasteiger partial charge < -0.3 is 0 Å². The lowest BCUT2D eigenvalue weighted by Crippen LogP contribution is -2.47. The summed E-state index contributed by atoms with van der Waals surface area (Å²) >= 11 is 2.04. The molecule has 1 heterocycles. The van der Waals surface area contributed by atoms with Gasteiger partial charge in [0.1, 0.15) is 0 Å². The van der Waals surface area contributed by atoms with Crippen LogP contribution in [0.4, 0.5) is 0 Å². The molecular weight excluding hydrogens is 286 g/mol. The molecule has 0 radical (unpaired) electrons. The SMILES string of the molecule is CCCN(CCC)C1(c2cc3ccccc3s2)CCCCC1. The van der Waals surface area contributed by atoms with E-state index in [0.29, 0.717) is 5.54 Å². The average molecular weight is 316 g/mol. The zero-order chi connectivity index (χ0) is 15.4. The Labute approximate surface area is 139 Å². The van der Waals surface area contributed by atoms with Crippen molar-refractivity contribution in [2.45, 2.75) is 64.3 Å². The number of fused-ring (bicyclic) bond motifs is 1. The molecule has 0 spiro atoms. The molecule has 2 heteroatoms. The molecule has 1 aromatic heterocycles. The summed E-state index contributed by atoms with van der Waals surface area (Å²) in [6.07, 6.45) is 9.40. The third-order valence-corrected chi connectivity index (χ3v) is 6.47. The Bertz CT molecular complexity index is 556. The Hall–Kier alpha value is -0.860. The van der Waals surface area contributed by atoms with Crippen molar-refractivity contribution < 1.29 is 0 Å². The van der Waals surface area contributed by atoms with Gasteiger partial charge in [-0.25, -0.2) is 0 Å². The van der Waals surface area contributed by atoms with Gasteiger partial charge >= 0.3 is 0 Å². The first-order chi connectivity index (χ1) is 10.8. The van der Waals surface area contributed by atoms with E-state index in [1.807, 2.05) is 11.3 Å². The summed E-state index contributed by atoms with van der Waals surface area (Å²) in [6, 6.07) is 11.4. The van der Waals surface area contributed by atoms with Crippen LogP contribution in [-0.4, -0.2) is 18.0 Å². The normalized spacial score (nSPS) is 18.1. The molecule has 3 rings (SSSR count). The Morgan fingerprint density at radius 3 is 2.32 bits per heavy atom. The molecule has 0 atom stereocenters. The van der Waals surface area contributed by atoms with Gasteiger partial charge in [0.15, 0.2) is 0 Å². The topological polar surface area (TPSA) is 3.24 Å². The van der Waals surface area contributed by atoms with E-state index in [0.717, 1.165) is 0 Å². The summed E-state index contributed by atoms with van der Waals surface area (Å²) in [5.74, 6) is 0. The first-order valence-corrected chi connectivity index (χ1v) is 9.86. The van der Waals surface area contributed by atoms with Crippen molar-refractivity contribution >= 4 is 21.4 Å². The lowest BCUT2D eigenvalue weighted by molar-refractivity contribution is 0.0497. The van der Waals surface area contributed by atoms with E-state index in [4.69, 9.17) is 0 Å². The second-order valence-electron chi connectivity index (χ2n) is 6.73. The number of hydrogen-bond acceptors (Lipinski definition) is 2. The molecule has 1 saturated carbocycles. The Kier molecular flexibility index (Phi) is 5.20. The molecule has 0 N–H and O–H groups in total. The van der Waals surface area contributed by atoms with Gasteiger partial charge in [0, 0.05) is 9.58 Å². The molecule has 120 valence electrons. The second kappa shape index (κ2) is 7.14. The summed E-state index contributed by atoms with van der Waals surface area (Å²) in [7, 11) is 0. The molecule has 0 aliphatic heterocycles. The summed E-state index contributed by atoms with van der Waals surface area (Å²) in [6.45, 7) is 7.12. The van der Waals surface area contributed by atoms with E-state index in [1.54, 1.807) is 4.88 Å². The van der Waals surface area contributed by atoms with Crippen molar-refractivity contribution in [3.05, 3.63) is 35.2 Å². The van der Waals surface area contributed by atoms with Crippen LogP contribution in [0.3, 0.4) is 0 Å². The van der Waals surface area contributed by atoms with Gasteiger partial charge in [0.05, 0.1) is 5.54 Å². The number of thiophene rings is 1. The Morgan fingerprint density at radius 1 is 1.00 bits per heavy atom. The van der Waals surface area contributed by atoms with Crippen LogP contribution in [0.5, 0.6) is 0 Å². The molecule has 1 aliphatic carbocycles. The van der Waals surface area contributed by atoms with Crippen molar-refractivity contribution in [3.8, 4) is 0 Å². The van der Waals surface area contributed by atoms with E-state index >= 15 is 0 Å². The van der Waals surface area contributed by atoms with Crippen LogP contribution in [0.1, 0.15) is 63.7 Å². The fourth-order valence-electron chi connectivity index (χ4n) is 4.15. The summed E-state index contributed by atoms with van der Waals surface area (Å²) in [4.78, 5) is 4.44. The smallest absolute Gasteiger partial charge is 0.0554 e. The largest absolute Gasteiger partial charge is 0.293 e. The molecule has 2 aromatic rings. The maximum Gasteiger partial charge on any atom is 0.0554 e. The quantitative estimate of drug-likeness (QED) is 0.615. The number of benzene rings is 1. The monoisotopic (exact) mass is 315 g/mol. The van der Waals surface area contributed by atoms with Gasteiger partial charge in [0.25, 0.3) is 0 Å². The molecule has 1 aliphatic rings. The highest BCUT2D eigenvalue weighted by Gasteiger charge is 2.40. The summed E-state index contributed by atoms with van der Waals surface area (Å²) in [5, 5.41) is 1.43. The van der Waals surface area contributed by atoms with Gasteiger partial charge in [-0.1, -0.05) is 51.3 Å². The van der Waals surface area contributed by atoms with Gasteiger partial charge in [-0.05, 0) is 56.3 Å². The van der Waals surface area contributed by atoms with E-state index in [9.17, 15) is 0 Å². The molecule has 0 saturated heterocycles. The highest BCUT2D eigenvalue weighted by Crippen LogP contribution is 2.46. The average Bonchev–Trinajstić information content (AvgIpc) is 3.00. The lowest BCUT2D eigenvalue weighted by atomic mass is 9.78. The van der Waals surface area contributed by atoms with E-state index in [1.165, 1.54) is 68.1 Å². The van der Waals surface area contributed by atoms with Crippen molar-refractivity contribution in [1.82, 2.24) is 4.90 Å². The highest BCUT2D eigenvalue weighted by molar-refractivity contribution is 7.19. The predicted molar refractivity (Wildman–Crippen MR) is 98.7 cm³/mol. The Balaban J connectivity index is 2.03. The first-order valence-electron chi connectivity index (χ1n) is 9.04. The van der Waals surface area contributed by atoms with Crippen LogP contribution in [-0.2, 0) is 5.54 Å². The number of hydrogen-bond donors (Lipinski definition) is 0. The van der Waals surface area contributed by atoms with Gasteiger partial charge in [-0.2, -0.15) is 0 Å². The zero-order valence-electron chi connectivity index (χ0n) is 14.1. The number of nitrogens with zero attached hydrogens (tertiary/aromatic N) is 1. The third-order valence-electron chi connectivity index (χ3n) is 5.16. The minimum absolute atomic E-state index is 0.313. The summed E-state index contributed by atoms with van der Waals surface area (Å²) < 4.78 is 1.45. The number of rotatable bonds is 6. The molecule has 1 aromatic carbocycles. The predicted octanol–water partition coefficient (Wildman–Crippen LogP) is 6.18. The van der Waals surface area contributed by atoms with Crippen molar-refractivity contribution in [1.29, 1.82) is 0 Å². The van der Waals surface area contributed by atoms with Gasteiger partial charge in [-0.15, -0.1) is 11.3 Å². The molecule has 0 amide bonds. The van der Waals surface area contributed by atoms with Gasteiger partial charge in [0.2, 0.25) is 0 Å². The van der Waals surface area contributed by atoms with E-state index < -0.39 is 0 Å².